The third kappa shape index (κ3) is 4.93. The van der Waals surface area contributed by atoms with Crippen molar-refractivity contribution in [2.75, 3.05) is 26.4 Å². The molecule has 0 aliphatic heterocycles. The van der Waals surface area contributed by atoms with Crippen molar-refractivity contribution in [2.24, 2.45) is 5.92 Å². The zero-order valence-corrected chi connectivity index (χ0v) is 24.4. The molecule has 1 amide bonds. The van der Waals surface area contributed by atoms with Gasteiger partial charge in [-0.1, -0.05) is 35.5 Å². The van der Waals surface area contributed by atoms with E-state index in [1.165, 1.54) is 0 Å². The largest absolute Gasteiger partial charge is 0.396 e. The summed E-state index contributed by atoms with van der Waals surface area (Å²) in [7, 11) is 4.01. The molecule has 4 aromatic rings. The number of nitrogens with zero attached hydrogens (tertiary/aromatic N) is 6. The number of halogens is 3. The lowest BCUT2D eigenvalue weighted by molar-refractivity contribution is 0.0864. The highest BCUT2D eigenvalue weighted by Crippen LogP contribution is 2.54. The number of anilines is 1. The van der Waals surface area contributed by atoms with Gasteiger partial charge in [0.25, 0.3) is 5.91 Å². The zero-order chi connectivity index (χ0) is 28.9. The van der Waals surface area contributed by atoms with Crippen LogP contribution in [0.15, 0.2) is 53.3 Å². The Morgan fingerprint density at radius 3 is 2.78 bits per heavy atom. The fraction of sp³-hybridized carbons (Fsp3) is 0.379. The van der Waals surface area contributed by atoms with E-state index in [1.807, 2.05) is 49.1 Å². The Balaban J connectivity index is 1.31. The van der Waals surface area contributed by atoms with Gasteiger partial charge in [0, 0.05) is 17.7 Å². The summed E-state index contributed by atoms with van der Waals surface area (Å²) >= 11 is 2.88. The molecule has 0 radical (unpaired) electrons. The minimum Gasteiger partial charge on any atom is -0.396 e. The van der Waals surface area contributed by atoms with Gasteiger partial charge in [-0.15, -0.1) is 5.10 Å². The number of nitrogens with two attached hydrogens (primary N) is 1. The monoisotopic (exact) mass is 624 g/mol. The van der Waals surface area contributed by atoms with Gasteiger partial charge in [0.05, 0.1) is 51.9 Å². The van der Waals surface area contributed by atoms with Crippen LogP contribution in [0.1, 0.15) is 42.1 Å². The van der Waals surface area contributed by atoms with Crippen LogP contribution in [0.4, 0.5) is 14.5 Å². The van der Waals surface area contributed by atoms with E-state index in [9.17, 15) is 13.6 Å². The minimum atomic E-state index is -0.876. The highest BCUT2D eigenvalue weighted by atomic mass is 79.9. The van der Waals surface area contributed by atoms with E-state index in [-0.39, 0.29) is 33.4 Å². The third-order valence-electron chi connectivity index (χ3n) is 8.40. The van der Waals surface area contributed by atoms with Crippen LogP contribution in [-0.4, -0.2) is 61.8 Å². The molecule has 3 unspecified atom stereocenters. The van der Waals surface area contributed by atoms with Crippen molar-refractivity contribution in [3.05, 3.63) is 70.5 Å². The number of benzene rings is 2. The summed E-state index contributed by atoms with van der Waals surface area (Å²) in [6.07, 6.45) is 6.73. The summed E-state index contributed by atoms with van der Waals surface area (Å²) in [5.74, 6) is -1.41. The maximum absolute atomic E-state index is 14.5. The second-order valence-electron chi connectivity index (χ2n) is 11.3. The minimum absolute atomic E-state index is 0.133. The zero-order valence-electron chi connectivity index (χ0n) is 22.8. The van der Waals surface area contributed by atoms with Gasteiger partial charge < -0.3 is 16.0 Å². The van der Waals surface area contributed by atoms with E-state index < -0.39 is 17.2 Å². The molecule has 2 aromatic carbocycles. The predicted octanol–water partition coefficient (Wildman–Crippen LogP) is 4.91. The molecule has 9 nitrogen and oxygen atoms in total. The van der Waals surface area contributed by atoms with Gasteiger partial charge in [0.15, 0.2) is 5.82 Å². The summed E-state index contributed by atoms with van der Waals surface area (Å²) in [6.45, 7) is 1.42. The summed E-state index contributed by atoms with van der Waals surface area (Å²) < 4.78 is 32.0. The van der Waals surface area contributed by atoms with Crippen molar-refractivity contribution in [3.8, 4) is 22.5 Å². The Bertz CT molecular complexity index is 1600. The third-order valence-corrected chi connectivity index (χ3v) is 9.13. The van der Waals surface area contributed by atoms with Gasteiger partial charge in [-0.2, -0.15) is 5.10 Å². The maximum Gasteiger partial charge on any atom is 0.255 e. The van der Waals surface area contributed by atoms with Gasteiger partial charge >= 0.3 is 0 Å². The lowest BCUT2D eigenvalue weighted by Gasteiger charge is -2.35. The Hall–Kier alpha value is -3.64. The average molecular weight is 626 g/mol. The first-order valence-corrected chi connectivity index (χ1v) is 14.4. The van der Waals surface area contributed by atoms with Crippen LogP contribution in [-0.2, 0) is 6.54 Å². The number of aromatic nitrogens is 5. The molecule has 2 aliphatic rings. The van der Waals surface area contributed by atoms with Crippen LogP contribution in [0.2, 0.25) is 0 Å². The molecule has 3 N–H and O–H groups in total. The van der Waals surface area contributed by atoms with E-state index in [4.69, 9.17) is 5.73 Å². The molecule has 0 spiro atoms. The van der Waals surface area contributed by atoms with Crippen LogP contribution >= 0.6 is 15.9 Å². The summed E-state index contributed by atoms with van der Waals surface area (Å²) in [6, 6.07) is 10.8. The van der Waals surface area contributed by atoms with Crippen molar-refractivity contribution in [1.29, 1.82) is 0 Å². The van der Waals surface area contributed by atoms with Gasteiger partial charge in [-0.25, -0.2) is 13.5 Å². The summed E-state index contributed by atoms with van der Waals surface area (Å²) in [4.78, 5) is 16.0. The summed E-state index contributed by atoms with van der Waals surface area (Å²) in [5.41, 5.74) is 7.83. The van der Waals surface area contributed by atoms with E-state index in [2.05, 4.69) is 41.6 Å². The van der Waals surface area contributed by atoms with Crippen LogP contribution in [0.3, 0.4) is 0 Å². The van der Waals surface area contributed by atoms with Crippen molar-refractivity contribution in [2.45, 2.75) is 43.8 Å². The van der Waals surface area contributed by atoms with Crippen LogP contribution in [0, 0.1) is 17.6 Å². The second-order valence-corrected chi connectivity index (χ2v) is 12.1. The highest BCUT2D eigenvalue weighted by molar-refractivity contribution is 9.10. The number of hydrogen-bond donors (Lipinski definition) is 2. The Morgan fingerprint density at radius 2 is 2.05 bits per heavy atom. The van der Waals surface area contributed by atoms with Gasteiger partial charge in [0.2, 0.25) is 0 Å². The molecule has 6 rings (SSSR count). The molecule has 214 valence electrons. The number of carbonyl (C=O) groups excluding carboxylic acids is 1. The molecule has 3 atom stereocenters. The average Bonchev–Trinajstić information content (AvgIpc) is 3.75. The standard InChI is InChI=1S/C29H31BrF2N8O/c1-38(2)10-11-39-27(18-6-4-3-5-7-18)20(15-34-39)28(41)35-29-9-8-17(14-29)12-23(29)40-16-22(36-37-40)19-13-21(31)24(30)25(32)26(19)33/h3-7,13,15-17,23H,8-12,14,33H2,1-2H3,(H,35,41). The van der Waals surface area contributed by atoms with E-state index in [0.717, 1.165) is 49.6 Å². The molecule has 2 saturated carbocycles. The van der Waals surface area contributed by atoms with Gasteiger partial charge in [-0.3, -0.25) is 9.48 Å². The SMILES string of the molecule is CN(C)CCn1ncc(C(=O)NC23CCC(CC2n2cc(-c4cc(F)c(Br)c(F)c4N)nn2)C3)c1-c1ccccc1. The van der Waals surface area contributed by atoms with Crippen molar-refractivity contribution < 1.29 is 13.6 Å². The fourth-order valence-corrected chi connectivity index (χ4v) is 6.70. The predicted molar refractivity (Wildman–Crippen MR) is 155 cm³/mol. The molecule has 12 heteroatoms. The van der Waals surface area contributed by atoms with Crippen LogP contribution in [0.25, 0.3) is 22.5 Å². The summed E-state index contributed by atoms with van der Waals surface area (Å²) in [5, 5.41) is 16.5. The molecule has 0 saturated heterocycles. The van der Waals surface area contributed by atoms with Crippen LogP contribution < -0.4 is 11.1 Å². The first-order valence-electron chi connectivity index (χ1n) is 13.6. The topological polar surface area (TPSA) is 107 Å². The van der Waals surface area contributed by atoms with Gasteiger partial charge in [-0.05, 0) is 67.7 Å². The number of hydrogen-bond acceptors (Lipinski definition) is 6. The van der Waals surface area contributed by atoms with E-state index in [1.54, 1.807) is 17.1 Å². The normalized spacial score (nSPS) is 21.6. The first-order chi connectivity index (χ1) is 19.7. The molecular formula is C29H31BrF2N8O. The van der Waals surface area contributed by atoms with Crippen LogP contribution in [0.5, 0.6) is 0 Å². The van der Waals surface area contributed by atoms with Gasteiger partial charge in [0.1, 0.15) is 11.5 Å². The Kier molecular flexibility index (Phi) is 7.14. The maximum atomic E-state index is 14.5. The number of nitrogens with one attached hydrogen (secondary N) is 1. The Labute approximate surface area is 244 Å². The fourth-order valence-electron chi connectivity index (χ4n) is 6.37. The first kappa shape index (κ1) is 27.5. The number of carbonyl (C=O) groups is 1. The smallest absolute Gasteiger partial charge is 0.255 e. The van der Waals surface area contributed by atoms with E-state index in [0.29, 0.717) is 18.0 Å². The number of rotatable bonds is 8. The number of likely N-dealkylation sites (N-methyl/N-ethyl adjacent to an activating group) is 1. The Morgan fingerprint density at radius 1 is 1.27 bits per heavy atom. The number of fused-ring (bicyclic) bond motifs is 2. The lowest BCUT2D eigenvalue weighted by Crippen LogP contribution is -2.51. The van der Waals surface area contributed by atoms with Crippen molar-refractivity contribution in [1.82, 2.24) is 35.0 Å². The van der Waals surface area contributed by atoms with E-state index >= 15 is 0 Å². The molecule has 2 aromatic heterocycles. The number of nitrogen functional groups attached to an aromatic ring is 1. The second kappa shape index (κ2) is 10.6. The lowest BCUT2D eigenvalue weighted by atomic mass is 9.88. The molecule has 2 aliphatic carbocycles. The molecule has 2 bridgehead atoms. The highest BCUT2D eigenvalue weighted by Gasteiger charge is 2.54. The molecule has 2 fully saturated rings. The van der Waals surface area contributed by atoms with Crippen molar-refractivity contribution >= 4 is 27.5 Å². The molecule has 41 heavy (non-hydrogen) atoms. The van der Waals surface area contributed by atoms with Crippen molar-refractivity contribution in [3.63, 3.8) is 0 Å². The molecular weight excluding hydrogens is 594 g/mol. The quantitative estimate of drug-likeness (QED) is 0.213. The molecule has 2 heterocycles. The number of amides is 1.